The molecule has 3 rings (SSSR count). The summed E-state index contributed by atoms with van der Waals surface area (Å²) in [6, 6.07) is 9.90. The van der Waals surface area contributed by atoms with Crippen LogP contribution in [0, 0.1) is 0 Å². The molecule has 144 valence electrons. The predicted molar refractivity (Wildman–Crippen MR) is 105 cm³/mol. The van der Waals surface area contributed by atoms with Crippen LogP contribution < -0.4 is 4.74 Å². The van der Waals surface area contributed by atoms with Gasteiger partial charge in [0.15, 0.2) is 17.9 Å². The molecular weight excluding hydrogens is 429 g/mol. The van der Waals surface area contributed by atoms with Gasteiger partial charge in [0.25, 0.3) is 5.22 Å². The van der Waals surface area contributed by atoms with E-state index in [9.17, 15) is 14.7 Å². The third-order valence-corrected chi connectivity index (χ3v) is 4.76. The Balaban J connectivity index is 1.89. The standard InChI is InChI=1S/C18H11Cl2NO6S/c19-10-5-9(6-11(20)16(10)26-8-15(22)23)7-14(17(24)25)28-18-21-12-3-1-2-4-13(12)27-18/h1-7H,8H2,(H,22,23)(H,24,25)/b14-7-. The number of ether oxygens (including phenoxy) is 1. The molecule has 0 bridgehead atoms. The molecule has 10 heteroatoms. The molecule has 0 saturated heterocycles. The number of halogens is 2. The molecule has 0 aliphatic rings. The lowest BCUT2D eigenvalue weighted by Gasteiger charge is -2.09. The van der Waals surface area contributed by atoms with E-state index in [0.717, 1.165) is 11.8 Å². The monoisotopic (exact) mass is 439 g/mol. The summed E-state index contributed by atoms with van der Waals surface area (Å²) >= 11 is 13.0. The van der Waals surface area contributed by atoms with Crippen molar-refractivity contribution < 1.29 is 29.0 Å². The summed E-state index contributed by atoms with van der Waals surface area (Å²) in [6.45, 7) is -0.609. The summed E-state index contributed by atoms with van der Waals surface area (Å²) in [7, 11) is 0. The molecule has 0 spiro atoms. The van der Waals surface area contributed by atoms with Crippen LogP contribution in [-0.4, -0.2) is 33.7 Å². The topological polar surface area (TPSA) is 110 Å². The Morgan fingerprint density at radius 1 is 1.18 bits per heavy atom. The lowest BCUT2D eigenvalue weighted by Crippen LogP contribution is -2.10. The summed E-state index contributed by atoms with van der Waals surface area (Å²) in [5, 5.41) is 18.5. The lowest BCUT2D eigenvalue weighted by molar-refractivity contribution is -0.139. The van der Waals surface area contributed by atoms with Crippen LogP contribution >= 0.6 is 35.0 Å². The zero-order valence-corrected chi connectivity index (χ0v) is 16.2. The highest BCUT2D eigenvalue weighted by molar-refractivity contribution is 8.03. The number of aromatic nitrogens is 1. The number of nitrogens with zero attached hydrogens (tertiary/aromatic N) is 1. The third-order valence-electron chi connectivity index (χ3n) is 3.34. The van der Waals surface area contributed by atoms with Crippen molar-refractivity contribution in [2.75, 3.05) is 6.61 Å². The SMILES string of the molecule is O=C(O)COc1c(Cl)cc(/C=C(\Sc2nc3ccccc3o2)C(=O)O)cc1Cl. The van der Waals surface area contributed by atoms with Gasteiger partial charge in [-0.15, -0.1) is 0 Å². The van der Waals surface area contributed by atoms with Crippen molar-refractivity contribution in [3.63, 3.8) is 0 Å². The third kappa shape index (κ3) is 4.78. The number of aliphatic carboxylic acids is 2. The van der Waals surface area contributed by atoms with Crippen LogP contribution in [0.2, 0.25) is 10.0 Å². The average molecular weight is 440 g/mol. The van der Waals surface area contributed by atoms with Crippen LogP contribution in [0.25, 0.3) is 17.2 Å². The minimum Gasteiger partial charge on any atom is -0.479 e. The summed E-state index contributed by atoms with van der Waals surface area (Å²) in [5.41, 5.74) is 1.54. The number of hydrogen-bond acceptors (Lipinski definition) is 6. The Labute approximate surface area is 172 Å². The zero-order chi connectivity index (χ0) is 20.3. The van der Waals surface area contributed by atoms with Crippen molar-refractivity contribution in [1.29, 1.82) is 0 Å². The first-order valence-electron chi connectivity index (χ1n) is 7.65. The number of hydrogen-bond donors (Lipinski definition) is 2. The molecule has 0 atom stereocenters. The molecule has 0 amide bonds. The Hall–Kier alpha value is -2.68. The van der Waals surface area contributed by atoms with E-state index < -0.39 is 18.5 Å². The van der Waals surface area contributed by atoms with Crippen LogP contribution in [0.4, 0.5) is 0 Å². The van der Waals surface area contributed by atoms with Gasteiger partial charge in [0, 0.05) is 0 Å². The van der Waals surface area contributed by atoms with E-state index in [2.05, 4.69) is 4.98 Å². The van der Waals surface area contributed by atoms with Gasteiger partial charge < -0.3 is 19.4 Å². The lowest BCUT2D eigenvalue weighted by atomic mass is 10.2. The maximum Gasteiger partial charge on any atom is 0.342 e. The molecule has 0 saturated carbocycles. The van der Waals surface area contributed by atoms with Gasteiger partial charge in [0.05, 0.1) is 10.0 Å². The van der Waals surface area contributed by atoms with E-state index in [1.54, 1.807) is 24.3 Å². The molecule has 0 radical (unpaired) electrons. The first-order chi connectivity index (χ1) is 13.3. The first-order valence-corrected chi connectivity index (χ1v) is 9.23. The highest BCUT2D eigenvalue weighted by atomic mass is 35.5. The highest BCUT2D eigenvalue weighted by Crippen LogP contribution is 2.36. The summed E-state index contributed by atoms with van der Waals surface area (Å²) in [4.78, 5) is 26.4. The molecule has 7 nitrogen and oxygen atoms in total. The molecule has 3 aromatic rings. The number of carbonyl (C=O) groups is 2. The van der Waals surface area contributed by atoms with Crippen molar-refractivity contribution >= 4 is 64.1 Å². The zero-order valence-electron chi connectivity index (χ0n) is 13.9. The highest BCUT2D eigenvalue weighted by Gasteiger charge is 2.16. The normalized spacial score (nSPS) is 11.6. The number of para-hydroxylation sites is 2. The minimum atomic E-state index is -1.19. The van der Waals surface area contributed by atoms with Crippen molar-refractivity contribution in [3.05, 3.63) is 56.9 Å². The van der Waals surface area contributed by atoms with Crippen molar-refractivity contribution in [3.8, 4) is 5.75 Å². The summed E-state index contributed by atoms with van der Waals surface area (Å²) in [5.74, 6) is -2.36. The molecular formula is C18H11Cl2NO6S. The number of benzene rings is 2. The summed E-state index contributed by atoms with van der Waals surface area (Å²) < 4.78 is 10.6. The van der Waals surface area contributed by atoms with Gasteiger partial charge in [-0.2, -0.15) is 0 Å². The van der Waals surface area contributed by atoms with Gasteiger partial charge in [-0.05, 0) is 47.7 Å². The van der Waals surface area contributed by atoms with Crippen LogP contribution in [0.3, 0.4) is 0 Å². The van der Waals surface area contributed by atoms with E-state index in [-0.39, 0.29) is 25.9 Å². The molecule has 0 aliphatic carbocycles. The molecule has 1 aromatic heterocycles. The fourth-order valence-corrected chi connectivity index (χ4v) is 3.57. The van der Waals surface area contributed by atoms with Gasteiger partial charge in [-0.25, -0.2) is 14.6 Å². The fraction of sp³-hybridized carbons (Fsp3) is 0.0556. The maximum atomic E-state index is 11.6. The molecule has 0 unspecified atom stereocenters. The van der Waals surface area contributed by atoms with Crippen molar-refractivity contribution in [2.24, 2.45) is 0 Å². The minimum absolute atomic E-state index is 0.00589. The number of carboxylic acids is 2. The molecule has 0 fully saturated rings. The van der Waals surface area contributed by atoms with Crippen molar-refractivity contribution in [2.45, 2.75) is 5.22 Å². The largest absolute Gasteiger partial charge is 0.479 e. The molecule has 2 N–H and O–H groups in total. The van der Waals surface area contributed by atoms with Crippen LogP contribution in [-0.2, 0) is 9.59 Å². The molecule has 28 heavy (non-hydrogen) atoms. The molecule has 0 aliphatic heterocycles. The number of rotatable bonds is 7. The molecule has 1 heterocycles. The van der Waals surface area contributed by atoms with Crippen LogP contribution in [0.5, 0.6) is 5.75 Å². The second-order valence-corrected chi connectivity index (χ2v) is 7.17. The predicted octanol–water partition coefficient (Wildman–Crippen LogP) is 4.82. The quantitative estimate of drug-likeness (QED) is 0.398. The molecule has 2 aromatic carbocycles. The van der Waals surface area contributed by atoms with E-state index in [0.29, 0.717) is 16.7 Å². The Kier molecular flexibility index (Phi) is 6.13. The van der Waals surface area contributed by atoms with E-state index >= 15 is 0 Å². The van der Waals surface area contributed by atoms with E-state index in [1.165, 1.54) is 18.2 Å². The smallest absolute Gasteiger partial charge is 0.342 e. The maximum absolute atomic E-state index is 11.6. The van der Waals surface area contributed by atoms with Gasteiger partial charge in [-0.3, -0.25) is 0 Å². The van der Waals surface area contributed by atoms with Gasteiger partial charge >= 0.3 is 11.9 Å². The number of carboxylic acid groups (broad SMARTS) is 2. The Morgan fingerprint density at radius 2 is 1.86 bits per heavy atom. The summed E-state index contributed by atoms with van der Waals surface area (Å²) in [6.07, 6.45) is 1.35. The van der Waals surface area contributed by atoms with Crippen LogP contribution in [0.15, 0.2) is 50.9 Å². The van der Waals surface area contributed by atoms with Crippen LogP contribution in [0.1, 0.15) is 5.56 Å². The second kappa shape index (κ2) is 8.55. The van der Waals surface area contributed by atoms with Gasteiger partial charge in [0.1, 0.15) is 10.4 Å². The average Bonchev–Trinajstić information content (AvgIpc) is 3.02. The second-order valence-electron chi connectivity index (χ2n) is 5.36. The Bertz CT molecular complexity index is 1040. The van der Waals surface area contributed by atoms with Gasteiger partial charge in [-0.1, -0.05) is 35.3 Å². The van der Waals surface area contributed by atoms with E-state index in [4.69, 9.17) is 37.5 Å². The van der Waals surface area contributed by atoms with Crippen molar-refractivity contribution in [1.82, 2.24) is 4.98 Å². The number of oxazole rings is 1. The Morgan fingerprint density at radius 3 is 2.46 bits per heavy atom. The fourth-order valence-electron chi connectivity index (χ4n) is 2.21. The first kappa shape index (κ1) is 20.1. The number of thioether (sulfide) groups is 1. The van der Waals surface area contributed by atoms with Gasteiger partial charge in [0.2, 0.25) is 0 Å². The van der Waals surface area contributed by atoms with E-state index in [1.807, 2.05) is 0 Å². The number of fused-ring (bicyclic) bond motifs is 1.